The molecule has 3 heteroatoms. The van der Waals surface area contributed by atoms with E-state index in [1.54, 1.807) is 7.11 Å². The first-order valence-corrected chi connectivity index (χ1v) is 4.50. The van der Waals surface area contributed by atoms with Crippen molar-refractivity contribution in [2.45, 2.75) is 19.8 Å². The zero-order valence-corrected chi connectivity index (χ0v) is 8.70. The standard InChI is InChI=1S/C11H15NO2/c1-7(6-13)9-4-5-10(14-3)8(2)11(9)12/h4-7H,12H2,1-3H3. The van der Waals surface area contributed by atoms with E-state index in [2.05, 4.69) is 0 Å². The smallest absolute Gasteiger partial charge is 0.127 e. The van der Waals surface area contributed by atoms with Crippen molar-refractivity contribution < 1.29 is 9.53 Å². The van der Waals surface area contributed by atoms with E-state index in [1.807, 2.05) is 26.0 Å². The number of carbonyl (C=O) groups is 1. The molecule has 0 fully saturated rings. The third kappa shape index (κ3) is 1.71. The van der Waals surface area contributed by atoms with E-state index >= 15 is 0 Å². The van der Waals surface area contributed by atoms with Crippen molar-refractivity contribution in [3.05, 3.63) is 23.3 Å². The van der Waals surface area contributed by atoms with Crippen LogP contribution >= 0.6 is 0 Å². The normalized spacial score (nSPS) is 12.2. The summed E-state index contributed by atoms with van der Waals surface area (Å²) in [4.78, 5) is 10.6. The number of hydrogen-bond acceptors (Lipinski definition) is 3. The summed E-state index contributed by atoms with van der Waals surface area (Å²) >= 11 is 0. The van der Waals surface area contributed by atoms with Crippen LogP contribution in [0, 0.1) is 6.92 Å². The monoisotopic (exact) mass is 193 g/mol. The van der Waals surface area contributed by atoms with Gasteiger partial charge in [-0.1, -0.05) is 13.0 Å². The van der Waals surface area contributed by atoms with Gasteiger partial charge in [0.25, 0.3) is 0 Å². The Bertz CT molecular complexity index is 347. The van der Waals surface area contributed by atoms with Gasteiger partial charge in [0.2, 0.25) is 0 Å². The zero-order chi connectivity index (χ0) is 10.7. The van der Waals surface area contributed by atoms with Crippen molar-refractivity contribution in [3.8, 4) is 5.75 Å². The Kier molecular flexibility index (Phi) is 3.12. The van der Waals surface area contributed by atoms with Gasteiger partial charge in [-0.3, -0.25) is 0 Å². The molecule has 14 heavy (non-hydrogen) atoms. The molecule has 0 saturated heterocycles. The molecule has 2 N–H and O–H groups in total. The molecule has 1 aromatic rings. The molecule has 0 aromatic heterocycles. The van der Waals surface area contributed by atoms with E-state index in [1.165, 1.54) is 0 Å². The molecule has 0 amide bonds. The van der Waals surface area contributed by atoms with Gasteiger partial charge in [-0.05, 0) is 18.6 Å². The summed E-state index contributed by atoms with van der Waals surface area (Å²) in [5.41, 5.74) is 8.29. The molecule has 0 saturated carbocycles. The molecule has 0 radical (unpaired) electrons. The lowest BCUT2D eigenvalue weighted by Crippen LogP contribution is -2.03. The predicted molar refractivity (Wildman–Crippen MR) is 56.6 cm³/mol. The molecule has 1 aromatic carbocycles. The van der Waals surface area contributed by atoms with Crippen molar-refractivity contribution in [2.75, 3.05) is 12.8 Å². The van der Waals surface area contributed by atoms with Gasteiger partial charge in [-0.15, -0.1) is 0 Å². The number of aldehydes is 1. The average Bonchev–Trinajstić information content (AvgIpc) is 2.21. The van der Waals surface area contributed by atoms with Crippen LogP contribution in [0.1, 0.15) is 24.0 Å². The molecule has 1 unspecified atom stereocenters. The topological polar surface area (TPSA) is 52.3 Å². The highest BCUT2D eigenvalue weighted by Gasteiger charge is 2.12. The highest BCUT2D eigenvalue weighted by molar-refractivity contribution is 5.70. The fourth-order valence-electron chi connectivity index (χ4n) is 1.42. The van der Waals surface area contributed by atoms with E-state index in [4.69, 9.17) is 10.5 Å². The number of ether oxygens (including phenoxy) is 1. The van der Waals surface area contributed by atoms with Gasteiger partial charge in [0.05, 0.1) is 7.11 Å². The zero-order valence-electron chi connectivity index (χ0n) is 8.70. The van der Waals surface area contributed by atoms with Crippen LogP contribution in [-0.2, 0) is 4.79 Å². The van der Waals surface area contributed by atoms with Crippen molar-refractivity contribution in [3.63, 3.8) is 0 Å². The van der Waals surface area contributed by atoms with E-state index in [-0.39, 0.29) is 5.92 Å². The maximum atomic E-state index is 10.6. The largest absolute Gasteiger partial charge is 0.496 e. The summed E-state index contributed by atoms with van der Waals surface area (Å²) in [6.45, 7) is 3.71. The Labute approximate surface area is 83.9 Å². The van der Waals surface area contributed by atoms with E-state index < -0.39 is 0 Å². The molecular weight excluding hydrogens is 178 g/mol. The Morgan fingerprint density at radius 2 is 2.14 bits per heavy atom. The predicted octanol–water partition coefficient (Wildman–Crippen LogP) is 1.89. The Morgan fingerprint density at radius 3 is 2.64 bits per heavy atom. The molecule has 1 atom stereocenters. The molecule has 0 spiro atoms. The first-order valence-electron chi connectivity index (χ1n) is 4.50. The van der Waals surface area contributed by atoms with E-state index in [0.29, 0.717) is 5.69 Å². The number of benzene rings is 1. The Hall–Kier alpha value is -1.51. The fraction of sp³-hybridized carbons (Fsp3) is 0.364. The van der Waals surface area contributed by atoms with Crippen molar-refractivity contribution >= 4 is 12.0 Å². The second-order valence-electron chi connectivity index (χ2n) is 3.32. The van der Waals surface area contributed by atoms with Gasteiger partial charge in [0.1, 0.15) is 12.0 Å². The number of hydrogen-bond donors (Lipinski definition) is 1. The number of nitrogen functional groups attached to an aromatic ring is 1. The number of nitrogens with two attached hydrogens (primary N) is 1. The molecule has 76 valence electrons. The maximum Gasteiger partial charge on any atom is 0.127 e. The molecule has 0 heterocycles. The van der Waals surface area contributed by atoms with Crippen LogP contribution < -0.4 is 10.5 Å². The highest BCUT2D eigenvalue weighted by Crippen LogP contribution is 2.30. The molecule has 3 nitrogen and oxygen atoms in total. The minimum absolute atomic E-state index is 0.167. The van der Waals surface area contributed by atoms with Gasteiger partial charge in [0, 0.05) is 17.2 Å². The molecule has 1 rings (SSSR count). The minimum atomic E-state index is -0.167. The molecular formula is C11H15NO2. The quantitative estimate of drug-likeness (QED) is 0.589. The minimum Gasteiger partial charge on any atom is -0.496 e. The Morgan fingerprint density at radius 1 is 1.50 bits per heavy atom. The maximum absolute atomic E-state index is 10.6. The van der Waals surface area contributed by atoms with E-state index in [0.717, 1.165) is 23.2 Å². The third-order valence-electron chi connectivity index (χ3n) is 2.41. The summed E-state index contributed by atoms with van der Waals surface area (Å²) in [5.74, 6) is 0.587. The number of anilines is 1. The van der Waals surface area contributed by atoms with E-state index in [9.17, 15) is 4.79 Å². The summed E-state index contributed by atoms with van der Waals surface area (Å²) in [6, 6.07) is 3.67. The first kappa shape index (κ1) is 10.6. The van der Waals surface area contributed by atoms with Gasteiger partial charge >= 0.3 is 0 Å². The number of carbonyl (C=O) groups excluding carboxylic acids is 1. The second kappa shape index (κ2) is 4.13. The van der Waals surface area contributed by atoms with Crippen LogP contribution in [0.3, 0.4) is 0 Å². The fourth-order valence-corrected chi connectivity index (χ4v) is 1.42. The lowest BCUT2D eigenvalue weighted by molar-refractivity contribution is -0.108. The van der Waals surface area contributed by atoms with Crippen molar-refractivity contribution in [2.24, 2.45) is 0 Å². The first-order chi connectivity index (χ1) is 6.61. The van der Waals surface area contributed by atoms with Crippen LogP contribution in [0.4, 0.5) is 5.69 Å². The summed E-state index contributed by atoms with van der Waals surface area (Å²) < 4.78 is 5.13. The van der Waals surface area contributed by atoms with Gasteiger partial charge in [-0.25, -0.2) is 0 Å². The van der Waals surface area contributed by atoms with Crippen LogP contribution in [0.2, 0.25) is 0 Å². The van der Waals surface area contributed by atoms with Crippen LogP contribution in [0.15, 0.2) is 12.1 Å². The SMILES string of the molecule is COc1ccc(C(C)C=O)c(N)c1C. The lowest BCUT2D eigenvalue weighted by Gasteiger charge is -2.13. The van der Waals surface area contributed by atoms with Crippen LogP contribution in [-0.4, -0.2) is 13.4 Å². The van der Waals surface area contributed by atoms with Crippen LogP contribution in [0.25, 0.3) is 0 Å². The van der Waals surface area contributed by atoms with Crippen molar-refractivity contribution in [1.29, 1.82) is 0 Å². The number of rotatable bonds is 3. The Balaban J connectivity index is 3.23. The van der Waals surface area contributed by atoms with Crippen molar-refractivity contribution in [1.82, 2.24) is 0 Å². The summed E-state index contributed by atoms with van der Waals surface area (Å²) in [7, 11) is 1.60. The average molecular weight is 193 g/mol. The summed E-state index contributed by atoms with van der Waals surface area (Å²) in [5, 5.41) is 0. The van der Waals surface area contributed by atoms with Gasteiger partial charge in [0.15, 0.2) is 0 Å². The van der Waals surface area contributed by atoms with Gasteiger partial charge < -0.3 is 15.3 Å². The van der Waals surface area contributed by atoms with Crippen LogP contribution in [0.5, 0.6) is 5.75 Å². The number of methoxy groups -OCH3 is 1. The summed E-state index contributed by atoms with van der Waals surface area (Å²) in [6.07, 6.45) is 0.887. The highest BCUT2D eigenvalue weighted by atomic mass is 16.5. The third-order valence-corrected chi connectivity index (χ3v) is 2.41. The molecule has 0 aliphatic rings. The molecule has 0 aliphatic carbocycles. The second-order valence-corrected chi connectivity index (χ2v) is 3.32. The lowest BCUT2D eigenvalue weighted by atomic mass is 9.97. The molecule has 0 bridgehead atoms. The van der Waals surface area contributed by atoms with Gasteiger partial charge in [-0.2, -0.15) is 0 Å². The molecule has 0 aliphatic heterocycles.